The first-order valence-electron chi connectivity index (χ1n) is 4.09. The number of alkyl halides is 1. The van der Waals surface area contributed by atoms with E-state index in [9.17, 15) is 9.59 Å². The van der Waals surface area contributed by atoms with E-state index in [0.717, 1.165) is 0 Å². The van der Waals surface area contributed by atoms with E-state index in [1.54, 1.807) is 6.92 Å². The van der Waals surface area contributed by atoms with Crippen LogP contribution in [0.4, 0.5) is 10.8 Å². The summed E-state index contributed by atoms with van der Waals surface area (Å²) in [4.78, 5) is 25.7. The molecule has 0 atom stereocenters. The number of carbonyl (C=O) groups is 2. The van der Waals surface area contributed by atoms with Gasteiger partial charge in [0.1, 0.15) is 0 Å². The summed E-state index contributed by atoms with van der Waals surface area (Å²) < 4.78 is 4.61. The number of aromatic nitrogens is 2. The molecular formula is C7H9ClN4O3. The molecule has 1 heterocycles. The standard InChI is InChI=1S/C7H9ClN4O3/c1-4-9-7(15-12-4)11-6(14)10-5(13)2-3-8/h2-3H2,1H3,(H2,9,10,11,12,13,14). The molecule has 0 radical (unpaired) electrons. The first-order chi connectivity index (χ1) is 7.11. The van der Waals surface area contributed by atoms with Gasteiger partial charge in [0.25, 0.3) is 0 Å². The van der Waals surface area contributed by atoms with Crippen LogP contribution < -0.4 is 10.6 Å². The maximum Gasteiger partial charge on any atom is 0.329 e. The molecule has 0 unspecified atom stereocenters. The molecule has 0 aliphatic carbocycles. The van der Waals surface area contributed by atoms with Gasteiger partial charge in [-0.15, -0.1) is 11.6 Å². The Bertz CT molecular complexity index is 365. The summed E-state index contributed by atoms with van der Waals surface area (Å²) in [5.41, 5.74) is 0. The van der Waals surface area contributed by atoms with E-state index in [4.69, 9.17) is 11.6 Å². The van der Waals surface area contributed by atoms with E-state index in [1.165, 1.54) is 0 Å². The zero-order valence-corrected chi connectivity index (χ0v) is 8.67. The molecule has 7 nitrogen and oxygen atoms in total. The Morgan fingerprint density at radius 2 is 2.27 bits per heavy atom. The molecule has 0 saturated heterocycles. The van der Waals surface area contributed by atoms with Crippen LogP contribution in [0.1, 0.15) is 12.2 Å². The highest BCUT2D eigenvalue weighted by atomic mass is 35.5. The maximum atomic E-state index is 11.1. The number of nitrogens with one attached hydrogen (secondary N) is 2. The average molecular weight is 233 g/mol. The lowest BCUT2D eigenvalue weighted by Crippen LogP contribution is -2.34. The number of carbonyl (C=O) groups excluding carboxylic acids is 2. The molecule has 8 heteroatoms. The minimum atomic E-state index is -0.728. The van der Waals surface area contributed by atoms with Crippen molar-refractivity contribution in [3.63, 3.8) is 0 Å². The Balaban J connectivity index is 2.39. The molecule has 2 N–H and O–H groups in total. The van der Waals surface area contributed by atoms with Gasteiger partial charge in [-0.1, -0.05) is 5.16 Å². The summed E-state index contributed by atoms with van der Waals surface area (Å²) in [6.07, 6.45) is 0.0673. The third-order valence-corrected chi connectivity index (χ3v) is 1.51. The van der Waals surface area contributed by atoms with Crippen molar-refractivity contribution < 1.29 is 14.1 Å². The van der Waals surface area contributed by atoms with E-state index < -0.39 is 11.9 Å². The summed E-state index contributed by atoms with van der Waals surface area (Å²) in [5.74, 6) is 0.0646. The molecule has 82 valence electrons. The predicted molar refractivity (Wildman–Crippen MR) is 51.5 cm³/mol. The third-order valence-electron chi connectivity index (χ3n) is 1.32. The number of anilines is 1. The molecule has 0 aliphatic heterocycles. The Kier molecular flexibility index (Phi) is 4.04. The molecule has 0 fully saturated rings. The second-order valence-electron chi connectivity index (χ2n) is 2.59. The van der Waals surface area contributed by atoms with Gasteiger partial charge >= 0.3 is 12.0 Å². The average Bonchev–Trinajstić information content (AvgIpc) is 2.51. The smallest absolute Gasteiger partial charge is 0.315 e. The molecular weight excluding hydrogens is 224 g/mol. The fourth-order valence-corrected chi connectivity index (χ4v) is 0.923. The molecule has 0 bridgehead atoms. The molecule has 0 spiro atoms. The summed E-state index contributed by atoms with van der Waals surface area (Å²) >= 11 is 5.31. The second kappa shape index (κ2) is 5.30. The Hall–Kier alpha value is -1.63. The van der Waals surface area contributed by atoms with Crippen molar-refractivity contribution >= 4 is 29.6 Å². The Morgan fingerprint density at radius 1 is 1.53 bits per heavy atom. The number of rotatable bonds is 3. The molecule has 15 heavy (non-hydrogen) atoms. The van der Waals surface area contributed by atoms with Gasteiger partial charge in [0.05, 0.1) is 0 Å². The normalized spacial score (nSPS) is 9.73. The van der Waals surface area contributed by atoms with Crippen LogP contribution in [0.3, 0.4) is 0 Å². The zero-order chi connectivity index (χ0) is 11.3. The van der Waals surface area contributed by atoms with Crippen LogP contribution in [-0.2, 0) is 4.79 Å². The fraction of sp³-hybridized carbons (Fsp3) is 0.429. The number of imide groups is 1. The number of hydrogen-bond acceptors (Lipinski definition) is 5. The van der Waals surface area contributed by atoms with Gasteiger partial charge < -0.3 is 4.52 Å². The zero-order valence-electron chi connectivity index (χ0n) is 7.91. The van der Waals surface area contributed by atoms with Crippen molar-refractivity contribution in [2.24, 2.45) is 0 Å². The first kappa shape index (κ1) is 11.4. The predicted octanol–water partition coefficient (Wildman–Crippen LogP) is 0.655. The number of urea groups is 1. The van der Waals surface area contributed by atoms with Gasteiger partial charge in [0.2, 0.25) is 5.91 Å². The van der Waals surface area contributed by atoms with E-state index in [-0.39, 0.29) is 18.3 Å². The number of aryl methyl sites for hydroxylation is 1. The van der Waals surface area contributed by atoms with Crippen molar-refractivity contribution in [3.8, 4) is 0 Å². The van der Waals surface area contributed by atoms with Crippen molar-refractivity contribution in [3.05, 3.63) is 5.82 Å². The first-order valence-corrected chi connectivity index (χ1v) is 4.62. The van der Waals surface area contributed by atoms with Gasteiger partial charge in [0, 0.05) is 12.3 Å². The van der Waals surface area contributed by atoms with Crippen molar-refractivity contribution in [2.75, 3.05) is 11.2 Å². The summed E-state index contributed by atoms with van der Waals surface area (Å²) in [6, 6.07) is -0.794. The van der Waals surface area contributed by atoms with Crippen molar-refractivity contribution in [1.29, 1.82) is 0 Å². The highest BCUT2D eigenvalue weighted by Crippen LogP contribution is 2.01. The highest BCUT2D eigenvalue weighted by Gasteiger charge is 2.10. The van der Waals surface area contributed by atoms with Crippen LogP contribution in [-0.4, -0.2) is 28.0 Å². The van der Waals surface area contributed by atoms with Crippen LogP contribution in [0.15, 0.2) is 4.52 Å². The molecule has 0 saturated carbocycles. The van der Waals surface area contributed by atoms with Gasteiger partial charge in [-0.25, -0.2) is 4.79 Å². The van der Waals surface area contributed by atoms with Gasteiger partial charge in [-0.05, 0) is 6.92 Å². The molecule has 0 aromatic carbocycles. The maximum absolute atomic E-state index is 11.1. The van der Waals surface area contributed by atoms with E-state index in [0.29, 0.717) is 5.82 Å². The Morgan fingerprint density at radius 3 is 2.80 bits per heavy atom. The lowest BCUT2D eigenvalue weighted by atomic mass is 10.4. The van der Waals surface area contributed by atoms with Gasteiger partial charge in [0.15, 0.2) is 5.82 Å². The molecule has 1 rings (SSSR count). The topological polar surface area (TPSA) is 97.1 Å². The van der Waals surface area contributed by atoms with Crippen molar-refractivity contribution in [2.45, 2.75) is 13.3 Å². The SMILES string of the molecule is Cc1noc(NC(=O)NC(=O)CCCl)n1. The number of halogens is 1. The van der Waals surface area contributed by atoms with E-state index in [1.807, 2.05) is 5.32 Å². The van der Waals surface area contributed by atoms with Gasteiger partial charge in [-0.2, -0.15) is 4.98 Å². The third kappa shape index (κ3) is 3.94. The summed E-state index contributed by atoms with van der Waals surface area (Å²) in [6.45, 7) is 1.60. The van der Waals surface area contributed by atoms with E-state index >= 15 is 0 Å². The van der Waals surface area contributed by atoms with Crippen LogP contribution in [0.25, 0.3) is 0 Å². The lowest BCUT2D eigenvalue weighted by Gasteiger charge is -2.00. The molecule has 1 aromatic heterocycles. The quantitative estimate of drug-likeness (QED) is 0.746. The molecule has 0 aliphatic rings. The van der Waals surface area contributed by atoms with Crippen LogP contribution in [0.5, 0.6) is 0 Å². The second-order valence-corrected chi connectivity index (χ2v) is 2.97. The largest absolute Gasteiger partial charge is 0.329 e. The fourth-order valence-electron chi connectivity index (χ4n) is 0.751. The van der Waals surface area contributed by atoms with Crippen molar-refractivity contribution in [1.82, 2.24) is 15.5 Å². The summed E-state index contributed by atoms with van der Waals surface area (Å²) in [5, 5.41) is 7.69. The molecule has 1 aromatic rings. The molecule has 3 amide bonds. The monoisotopic (exact) mass is 232 g/mol. The van der Waals surface area contributed by atoms with Crippen LogP contribution in [0.2, 0.25) is 0 Å². The number of nitrogens with zero attached hydrogens (tertiary/aromatic N) is 2. The summed E-state index contributed by atoms with van der Waals surface area (Å²) in [7, 11) is 0. The number of hydrogen-bond donors (Lipinski definition) is 2. The Labute approximate surface area is 90.2 Å². The minimum Gasteiger partial charge on any atom is -0.315 e. The number of amides is 3. The van der Waals surface area contributed by atoms with Crippen LogP contribution >= 0.6 is 11.6 Å². The van der Waals surface area contributed by atoms with Crippen LogP contribution in [0, 0.1) is 6.92 Å². The minimum absolute atomic E-state index is 0.0660. The highest BCUT2D eigenvalue weighted by molar-refractivity contribution is 6.19. The van der Waals surface area contributed by atoms with E-state index in [2.05, 4.69) is 20.0 Å². The van der Waals surface area contributed by atoms with Gasteiger partial charge in [-0.3, -0.25) is 15.4 Å². The lowest BCUT2D eigenvalue weighted by molar-refractivity contribution is -0.119.